The van der Waals surface area contributed by atoms with Crippen LogP contribution in [0.15, 0.2) is 18.5 Å². The van der Waals surface area contributed by atoms with Crippen molar-refractivity contribution >= 4 is 11.8 Å². The highest BCUT2D eigenvalue weighted by Gasteiger charge is 2.23. The lowest BCUT2D eigenvalue weighted by molar-refractivity contribution is -0.119. The van der Waals surface area contributed by atoms with Crippen LogP contribution in [0.5, 0.6) is 0 Å². The van der Waals surface area contributed by atoms with Gasteiger partial charge in [-0.1, -0.05) is 11.8 Å². The van der Waals surface area contributed by atoms with Crippen molar-refractivity contribution in [2.75, 3.05) is 13.2 Å². The van der Waals surface area contributed by atoms with Gasteiger partial charge in [-0.05, 0) is 6.07 Å². The molecule has 0 aliphatic carbocycles. The van der Waals surface area contributed by atoms with Gasteiger partial charge in [-0.3, -0.25) is 14.6 Å². The van der Waals surface area contributed by atoms with Crippen molar-refractivity contribution in [1.82, 2.24) is 15.6 Å². The first-order chi connectivity index (χ1) is 9.70. The molecule has 3 N–H and O–H groups in total. The summed E-state index contributed by atoms with van der Waals surface area (Å²) < 4.78 is 0. The van der Waals surface area contributed by atoms with E-state index in [0.29, 0.717) is 30.5 Å². The lowest BCUT2D eigenvalue weighted by Gasteiger charge is -2.11. The average Bonchev–Trinajstić information content (AvgIpc) is 2.85. The first kappa shape index (κ1) is 14.0. The summed E-state index contributed by atoms with van der Waals surface area (Å²) in [5.41, 5.74) is 0.931. The van der Waals surface area contributed by atoms with Crippen molar-refractivity contribution in [2.45, 2.75) is 18.9 Å². The molecule has 1 atom stereocenters. The maximum absolute atomic E-state index is 12.2. The number of carbonyl (C=O) groups excluding carboxylic acids is 2. The summed E-state index contributed by atoms with van der Waals surface area (Å²) in [6.07, 6.45) is 3.67. The Morgan fingerprint density at radius 2 is 2.45 bits per heavy atom. The van der Waals surface area contributed by atoms with Gasteiger partial charge in [-0.2, -0.15) is 0 Å². The van der Waals surface area contributed by atoms with Crippen molar-refractivity contribution in [3.05, 3.63) is 29.6 Å². The highest BCUT2D eigenvalue weighted by molar-refractivity contribution is 5.97. The number of rotatable bonds is 3. The summed E-state index contributed by atoms with van der Waals surface area (Å²) in [6.45, 7) is 0.422. The Hall–Kier alpha value is -2.39. The topological polar surface area (TPSA) is 91.3 Å². The molecule has 1 aliphatic rings. The molecule has 6 heteroatoms. The smallest absolute Gasteiger partial charge is 0.252 e. The fourth-order valence-electron chi connectivity index (χ4n) is 1.88. The fourth-order valence-corrected chi connectivity index (χ4v) is 1.88. The maximum Gasteiger partial charge on any atom is 0.252 e. The van der Waals surface area contributed by atoms with Gasteiger partial charge in [0.05, 0.1) is 23.8 Å². The van der Waals surface area contributed by atoms with E-state index < -0.39 is 0 Å². The molecule has 20 heavy (non-hydrogen) atoms. The molecule has 1 aliphatic heterocycles. The highest BCUT2D eigenvalue weighted by atomic mass is 16.2. The second kappa shape index (κ2) is 6.68. The molecule has 0 aromatic carbocycles. The molecular weight excluding hydrogens is 258 g/mol. The van der Waals surface area contributed by atoms with E-state index in [1.807, 2.05) is 0 Å². The van der Waals surface area contributed by atoms with Crippen LogP contribution in [0.2, 0.25) is 0 Å². The highest BCUT2D eigenvalue weighted by Crippen LogP contribution is 2.07. The monoisotopic (exact) mass is 273 g/mol. The minimum absolute atomic E-state index is 0.0232. The van der Waals surface area contributed by atoms with Crippen molar-refractivity contribution in [3.63, 3.8) is 0 Å². The minimum Gasteiger partial charge on any atom is -0.395 e. The molecule has 1 unspecified atom stereocenters. The molecule has 1 aromatic heterocycles. The molecule has 0 saturated carbocycles. The summed E-state index contributed by atoms with van der Waals surface area (Å²) >= 11 is 0. The number of hydrogen-bond acceptors (Lipinski definition) is 4. The van der Waals surface area contributed by atoms with Crippen molar-refractivity contribution in [2.24, 2.45) is 0 Å². The van der Waals surface area contributed by atoms with E-state index in [-0.39, 0.29) is 24.5 Å². The van der Waals surface area contributed by atoms with Gasteiger partial charge >= 0.3 is 0 Å². The Balaban J connectivity index is 2.09. The van der Waals surface area contributed by atoms with Crippen molar-refractivity contribution < 1.29 is 14.7 Å². The number of hydrogen-bond donors (Lipinski definition) is 3. The van der Waals surface area contributed by atoms with Gasteiger partial charge in [0.15, 0.2) is 0 Å². The normalized spacial score (nSPS) is 17.1. The predicted molar refractivity (Wildman–Crippen MR) is 71.7 cm³/mol. The molecule has 0 radical (unpaired) electrons. The number of carbonyl (C=O) groups is 2. The number of aliphatic hydroxyl groups excluding tert-OH is 1. The van der Waals surface area contributed by atoms with Gasteiger partial charge in [0.25, 0.3) is 5.91 Å². The Kier molecular flexibility index (Phi) is 4.69. The van der Waals surface area contributed by atoms with E-state index in [2.05, 4.69) is 27.5 Å². The van der Waals surface area contributed by atoms with Gasteiger partial charge in [0.2, 0.25) is 5.91 Å². The molecule has 1 aromatic rings. The standard InChI is InChI=1S/C14H15N3O3/c18-6-2-1-3-10-8-15-5-4-12(10)14(20)17-11-7-13(19)16-9-11/h4-5,8,11,18H,2,6-7,9H2,(H,16,19)(H,17,20). The van der Waals surface area contributed by atoms with Gasteiger partial charge in [0, 0.05) is 31.8 Å². The number of nitrogens with one attached hydrogen (secondary N) is 2. The Bertz CT molecular complexity index is 575. The summed E-state index contributed by atoms with van der Waals surface area (Å²) in [5, 5.41) is 14.2. The Morgan fingerprint density at radius 3 is 3.15 bits per heavy atom. The van der Waals surface area contributed by atoms with E-state index in [4.69, 9.17) is 5.11 Å². The Morgan fingerprint density at radius 1 is 1.60 bits per heavy atom. The molecule has 6 nitrogen and oxygen atoms in total. The lowest BCUT2D eigenvalue weighted by Crippen LogP contribution is -2.36. The van der Waals surface area contributed by atoms with Crippen LogP contribution in [0.1, 0.15) is 28.8 Å². The zero-order valence-corrected chi connectivity index (χ0v) is 10.8. The average molecular weight is 273 g/mol. The third-order valence-corrected chi connectivity index (χ3v) is 2.84. The van der Waals surface area contributed by atoms with Crippen LogP contribution in [0.4, 0.5) is 0 Å². The summed E-state index contributed by atoms with van der Waals surface area (Å²) in [5.74, 6) is 5.24. The first-order valence-electron chi connectivity index (χ1n) is 6.32. The molecule has 2 heterocycles. The molecule has 2 rings (SSSR count). The van der Waals surface area contributed by atoms with Crippen LogP contribution < -0.4 is 10.6 Å². The number of aliphatic hydroxyl groups is 1. The van der Waals surface area contributed by atoms with Gasteiger partial charge < -0.3 is 15.7 Å². The second-order valence-electron chi connectivity index (χ2n) is 4.38. The molecule has 1 fully saturated rings. The summed E-state index contributed by atoms with van der Waals surface area (Å²) in [6, 6.07) is 1.39. The van der Waals surface area contributed by atoms with Crippen LogP contribution >= 0.6 is 0 Å². The zero-order chi connectivity index (χ0) is 14.4. The fraction of sp³-hybridized carbons (Fsp3) is 0.357. The third kappa shape index (κ3) is 3.56. The van der Waals surface area contributed by atoms with E-state index in [9.17, 15) is 9.59 Å². The van der Waals surface area contributed by atoms with Crippen molar-refractivity contribution in [1.29, 1.82) is 0 Å². The van der Waals surface area contributed by atoms with Crippen LogP contribution in [0, 0.1) is 11.8 Å². The number of amides is 2. The number of aromatic nitrogens is 1. The second-order valence-corrected chi connectivity index (χ2v) is 4.38. The SMILES string of the molecule is O=C1CC(NC(=O)c2ccncc2C#CCCO)CN1. The largest absolute Gasteiger partial charge is 0.395 e. The summed E-state index contributed by atoms with van der Waals surface area (Å²) in [7, 11) is 0. The van der Waals surface area contributed by atoms with E-state index in [1.165, 1.54) is 12.4 Å². The predicted octanol–water partition coefficient (Wildman–Crippen LogP) is -0.566. The zero-order valence-electron chi connectivity index (χ0n) is 10.8. The van der Waals surface area contributed by atoms with Gasteiger partial charge in [0.1, 0.15) is 0 Å². The lowest BCUT2D eigenvalue weighted by atomic mass is 10.1. The minimum atomic E-state index is -0.276. The molecule has 104 valence electrons. The number of pyridine rings is 1. The molecule has 1 saturated heterocycles. The van der Waals surface area contributed by atoms with Crippen LogP contribution in [0.3, 0.4) is 0 Å². The van der Waals surface area contributed by atoms with E-state index in [1.54, 1.807) is 6.07 Å². The quantitative estimate of drug-likeness (QED) is 0.643. The van der Waals surface area contributed by atoms with Gasteiger partial charge in [-0.25, -0.2) is 0 Å². The molecule has 0 bridgehead atoms. The number of nitrogens with zero attached hydrogens (tertiary/aromatic N) is 1. The van der Waals surface area contributed by atoms with E-state index in [0.717, 1.165) is 0 Å². The van der Waals surface area contributed by atoms with Crippen LogP contribution in [-0.2, 0) is 4.79 Å². The maximum atomic E-state index is 12.2. The molecular formula is C14H15N3O3. The third-order valence-electron chi connectivity index (χ3n) is 2.84. The van der Waals surface area contributed by atoms with Crippen LogP contribution in [-0.4, -0.2) is 41.1 Å². The van der Waals surface area contributed by atoms with E-state index >= 15 is 0 Å². The molecule has 0 spiro atoms. The van der Waals surface area contributed by atoms with Crippen LogP contribution in [0.25, 0.3) is 0 Å². The van der Waals surface area contributed by atoms with Crippen molar-refractivity contribution in [3.8, 4) is 11.8 Å². The van der Waals surface area contributed by atoms with Gasteiger partial charge in [-0.15, -0.1) is 0 Å². The Labute approximate surface area is 116 Å². The first-order valence-corrected chi connectivity index (χ1v) is 6.32. The summed E-state index contributed by atoms with van der Waals surface area (Å²) in [4.78, 5) is 27.2. The molecule has 2 amide bonds.